The number of rotatable bonds is 1. The van der Waals surface area contributed by atoms with Crippen molar-refractivity contribution in [2.45, 2.75) is 25.3 Å². The lowest BCUT2D eigenvalue weighted by atomic mass is 10.1. The molecule has 0 aliphatic carbocycles. The minimum Gasteiger partial charge on any atom is -0.269 e. The predicted octanol–water partition coefficient (Wildman–Crippen LogP) is 1.15. The van der Waals surface area contributed by atoms with Crippen molar-refractivity contribution >= 4 is 22.6 Å². The Labute approximate surface area is 69.9 Å². The van der Waals surface area contributed by atoms with Gasteiger partial charge in [-0.3, -0.25) is 5.84 Å². The van der Waals surface area contributed by atoms with Gasteiger partial charge < -0.3 is 0 Å². The van der Waals surface area contributed by atoms with E-state index in [-0.39, 0.29) is 0 Å². The zero-order valence-corrected chi connectivity index (χ0v) is 7.67. The highest BCUT2D eigenvalue weighted by molar-refractivity contribution is 14.1. The van der Waals surface area contributed by atoms with Crippen LogP contribution in [0.2, 0.25) is 0 Å². The molecule has 1 heterocycles. The van der Waals surface area contributed by atoms with E-state index >= 15 is 0 Å². The zero-order valence-electron chi connectivity index (χ0n) is 5.52. The Morgan fingerprint density at radius 1 is 1.56 bits per heavy atom. The topological polar surface area (TPSA) is 29.3 Å². The normalized spacial score (nSPS) is 30.7. The largest absolute Gasteiger partial charge is 0.269 e. The van der Waals surface area contributed by atoms with Crippen LogP contribution in [0.1, 0.15) is 19.3 Å². The summed E-state index contributed by atoms with van der Waals surface area (Å²) in [5, 5.41) is 1.98. The molecule has 0 bridgehead atoms. The van der Waals surface area contributed by atoms with E-state index < -0.39 is 0 Å². The molecule has 2 nitrogen and oxygen atoms in total. The maximum Gasteiger partial charge on any atom is 0.0330 e. The second-order valence-electron chi connectivity index (χ2n) is 2.54. The monoisotopic (exact) mass is 240 g/mol. The molecule has 1 aliphatic heterocycles. The molecule has 54 valence electrons. The van der Waals surface area contributed by atoms with E-state index in [9.17, 15) is 0 Å². The van der Waals surface area contributed by atoms with Gasteiger partial charge in [-0.1, -0.05) is 29.0 Å². The third-order valence-corrected chi connectivity index (χ3v) is 2.87. The van der Waals surface area contributed by atoms with Crippen LogP contribution in [-0.2, 0) is 0 Å². The van der Waals surface area contributed by atoms with Gasteiger partial charge in [-0.25, -0.2) is 5.01 Å². The quantitative estimate of drug-likeness (QED) is 0.423. The van der Waals surface area contributed by atoms with Crippen LogP contribution in [0.5, 0.6) is 0 Å². The number of piperidine rings is 1. The van der Waals surface area contributed by atoms with Crippen LogP contribution < -0.4 is 5.84 Å². The SMILES string of the molecule is NN1CCCCC1CI. The number of hydrogen-bond donors (Lipinski definition) is 1. The first kappa shape index (κ1) is 7.75. The van der Waals surface area contributed by atoms with Crippen LogP contribution in [0.3, 0.4) is 0 Å². The van der Waals surface area contributed by atoms with E-state index in [1.165, 1.54) is 23.7 Å². The average molecular weight is 240 g/mol. The van der Waals surface area contributed by atoms with Crippen LogP contribution in [0.15, 0.2) is 0 Å². The first-order chi connectivity index (χ1) is 4.34. The number of nitrogens with zero attached hydrogens (tertiary/aromatic N) is 1. The first-order valence-corrected chi connectivity index (χ1v) is 4.94. The van der Waals surface area contributed by atoms with Crippen molar-refractivity contribution in [3.63, 3.8) is 0 Å². The standard InChI is InChI=1S/C6H13IN2/c7-5-6-3-1-2-4-9(6)8/h6H,1-5,8H2. The maximum atomic E-state index is 5.72. The lowest BCUT2D eigenvalue weighted by molar-refractivity contribution is 0.169. The highest BCUT2D eigenvalue weighted by Gasteiger charge is 2.17. The Morgan fingerprint density at radius 3 is 2.78 bits per heavy atom. The molecule has 3 heteroatoms. The molecular weight excluding hydrogens is 227 g/mol. The number of halogens is 1. The molecule has 2 N–H and O–H groups in total. The maximum absolute atomic E-state index is 5.72. The van der Waals surface area contributed by atoms with E-state index in [4.69, 9.17) is 5.84 Å². The molecule has 0 amide bonds. The molecule has 0 radical (unpaired) electrons. The summed E-state index contributed by atoms with van der Waals surface area (Å²) in [4.78, 5) is 0. The van der Waals surface area contributed by atoms with Gasteiger partial charge in [0.1, 0.15) is 0 Å². The lowest BCUT2D eigenvalue weighted by Gasteiger charge is -2.30. The van der Waals surface area contributed by atoms with Gasteiger partial charge in [0.25, 0.3) is 0 Å². The van der Waals surface area contributed by atoms with E-state index in [0.717, 1.165) is 6.54 Å². The highest BCUT2D eigenvalue weighted by atomic mass is 127. The molecule has 0 aromatic rings. The van der Waals surface area contributed by atoms with Gasteiger partial charge in [-0.05, 0) is 12.8 Å². The smallest absolute Gasteiger partial charge is 0.0330 e. The summed E-state index contributed by atoms with van der Waals surface area (Å²) in [7, 11) is 0. The third-order valence-electron chi connectivity index (χ3n) is 1.85. The van der Waals surface area contributed by atoms with Crippen molar-refractivity contribution in [1.82, 2.24) is 5.01 Å². The Kier molecular flexibility index (Phi) is 3.21. The molecule has 0 aromatic carbocycles. The van der Waals surface area contributed by atoms with Gasteiger partial charge in [0.05, 0.1) is 0 Å². The van der Waals surface area contributed by atoms with Crippen molar-refractivity contribution < 1.29 is 0 Å². The van der Waals surface area contributed by atoms with E-state index in [2.05, 4.69) is 22.6 Å². The van der Waals surface area contributed by atoms with Gasteiger partial charge in [0.2, 0.25) is 0 Å². The van der Waals surface area contributed by atoms with Gasteiger partial charge in [-0.15, -0.1) is 0 Å². The summed E-state index contributed by atoms with van der Waals surface area (Å²) in [6.07, 6.45) is 3.93. The summed E-state index contributed by atoms with van der Waals surface area (Å²) < 4.78 is 1.17. The molecule has 9 heavy (non-hydrogen) atoms. The average Bonchev–Trinajstić information content (AvgIpc) is 1.89. The highest BCUT2D eigenvalue weighted by Crippen LogP contribution is 2.14. The van der Waals surface area contributed by atoms with Crippen LogP contribution in [0, 0.1) is 0 Å². The summed E-state index contributed by atoms with van der Waals surface area (Å²) in [6, 6.07) is 0.652. The minimum absolute atomic E-state index is 0.652. The van der Waals surface area contributed by atoms with Crippen molar-refractivity contribution in [2.75, 3.05) is 11.0 Å². The van der Waals surface area contributed by atoms with Crippen LogP contribution in [0.4, 0.5) is 0 Å². The molecule has 1 aliphatic rings. The van der Waals surface area contributed by atoms with Crippen LogP contribution in [0.25, 0.3) is 0 Å². The molecule has 1 atom stereocenters. The molecule has 1 rings (SSSR count). The summed E-state index contributed by atoms with van der Waals surface area (Å²) >= 11 is 2.40. The molecule has 1 fully saturated rings. The molecule has 1 unspecified atom stereocenters. The zero-order chi connectivity index (χ0) is 6.69. The van der Waals surface area contributed by atoms with E-state index in [1.807, 2.05) is 5.01 Å². The van der Waals surface area contributed by atoms with Crippen LogP contribution in [-0.4, -0.2) is 22.0 Å². The number of nitrogens with two attached hydrogens (primary N) is 1. The predicted molar refractivity (Wildman–Crippen MR) is 47.4 cm³/mol. The van der Waals surface area contributed by atoms with Gasteiger partial charge >= 0.3 is 0 Å². The van der Waals surface area contributed by atoms with Gasteiger partial charge in [0.15, 0.2) is 0 Å². The second kappa shape index (κ2) is 3.73. The van der Waals surface area contributed by atoms with Crippen LogP contribution >= 0.6 is 22.6 Å². The number of hydrogen-bond acceptors (Lipinski definition) is 2. The van der Waals surface area contributed by atoms with Crippen molar-refractivity contribution in [3.8, 4) is 0 Å². The Hall–Kier alpha value is 0.650. The van der Waals surface area contributed by atoms with Crippen molar-refractivity contribution in [2.24, 2.45) is 5.84 Å². The minimum atomic E-state index is 0.652. The molecule has 0 saturated carbocycles. The van der Waals surface area contributed by atoms with E-state index in [0.29, 0.717) is 6.04 Å². The first-order valence-electron chi connectivity index (χ1n) is 3.42. The summed E-state index contributed by atoms with van der Waals surface area (Å²) in [5.74, 6) is 5.72. The number of alkyl halides is 1. The van der Waals surface area contributed by atoms with Gasteiger partial charge in [0, 0.05) is 17.0 Å². The molecular formula is C6H13IN2. The fourth-order valence-electron chi connectivity index (χ4n) is 1.19. The Morgan fingerprint density at radius 2 is 2.33 bits per heavy atom. The Balaban J connectivity index is 2.30. The second-order valence-corrected chi connectivity index (χ2v) is 3.42. The van der Waals surface area contributed by atoms with Crippen molar-refractivity contribution in [1.29, 1.82) is 0 Å². The van der Waals surface area contributed by atoms with Crippen molar-refractivity contribution in [3.05, 3.63) is 0 Å². The van der Waals surface area contributed by atoms with E-state index in [1.54, 1.807) is 0 Å². The Bertz CT molecular complexity index is 87.1. The molecule has 0 spiro atoms. The molecule has 0 aromatic heterocycles. The van der Waals surface area contributed by atoms with Gasteiger partial charge in [-0.2, -0.15) is 0 Å². The summed E-state index contributed by atoms with van der Waals surface area (Å²) in [5.41, 5.74) is 0. The molecule has 1 saturated heterocycles. The fraction of sp³-hybridized carbons (Fsp3) is 1.00. The summed E-state index contributed by atoms with van der Waals surface area (Å²) in [6.45, 7) is 1.09. The lowest BCUT2D eigenvalue weighted by Crippen LogP contribution is -2.45. The number of hydrazine groups is 1. The fourth-order valence-corrected chi connectivity index (χ4v) is 2.13. The third kappa shape index (κ3) is 2.05.